The van der Waals surface area contributed by atoms with E-state index < -0.39 is 0 Å². The van der Waals surface area contributed by atoms with Crippen LogP contribution in [0.1, 0.15) is 38.8 Å². The number of carbonyl (C=O) groups is 2. The highest BCUT2D eigenvalue weighted by molar-refractivity contribution is 7.10. The molecule has 1 aromatic heterocycles. The molecule has 0 N–H and O–H groups in total. The van der Waals surface area contributed by atoms with Crippen LogP contribution in [0.5, 0.6) is 0 Å². The lowest BCUT2D eigenvalue weighted by molar-refractivity contribution is -0.131. The Morgan fingerprint density at radius 1 is 1.07 bits per heavy atom. The molecule has 0 spiro atoms. The Labute approximate surface area is 169 Å². The van der Waals surface area contributed by atoms with Gasteiger partial charge in [-0.2, -0.15) is 0 Å². The predicted molar refractivity (Wildman–Crippen MR) is 111 cm³/mol. The van der Waals surface area contributed by atoms with Gasteiger partial charge in [0.25, 0.3) is 5.91 Å². The quantitative estimate of drug-likeness (QED) is 0.622. The fraction of sp³-hybridized carbons (Fsp3) is 0.217. The summed E-state index contributed by atoms with van der Waals surface area (Å²) in [5, 5.41) is 1.99. The van der Waals surface area contributed by atoms with Gasteiger partial charge >= 0.3 is 0 Å². The second-order valence-corrected chi connectivity index (χ2v) is 8.04. The van der Waals surface area contributed by atoms with Crippen molar-refractivity contribution in [2.75, 3.05) is 7.05 Å². The Hall–Kier alpha value is -2.92. The van der Waals surface area contributed by atoms with E-state index in [9.17, 15) is 9.59 Å². The first-order valence-electron chi connectivity index (χ1n) is 9.33. The third kappa shape index (κ3) is 3.71. The summed E-state index contributed by atoms with van der Waals surface area (Å²) in [5.41, 5.74) is 2.86. The summed E-state index contributed by atoms with van der Waals surface area (Å²) in [4.78, 5) is 30.6. The van der Waals surface area contributed by atoms with Gasteiger partial charge in [-0.05, 0) is 28.6 Å². The molecular weight excluding hydrogens is 368 g/mol. The lowest BCUT2D eigenvalue weighted by Gasteiger charge is -2.28. The molecule has 0 unspecified atom stereocenters. The molecule has 2 heterocycles. The van der Waals surface area contributed by atoms with Crippen LogP contribution in [0.2, 0.25) is 0 Å². The van der Waals surface area contributed by atoms with Gasteiger partial charge in [-0.1, -0.05) is 54.6 Å². The molecule has 0 saturated carbocycles. The van der Waals surface area contributed by atoms with Gasteiger partial charge in [0.15, 0.2) is 0 Å². The zero-order chi connectivity index (χ0) is 19.5. The summed E-state index contributed by atoms with van der Waals surface area (Å²) in [5.74, 6) is 0.0403. The van der Waals surface area contributed by atoms with E-state index in [4.69, 9.17) is 0 Å². The Morgan fingerprint density at radius 2 is 1.82 bits per heavy atom. The van der Waals surface area contributed by atoms with E-state index in [0.29, 0.717) is 13.1 Å². The normalized spacial score (nSPS) is 14.0. The predicted octanol–water partition coefficient (Wildman–Crippen LogP) is 4.49. The van der Waals surface area contributed by atoms with E-state index in [1.807, 2.05) is 84.1 Å². The van der Waals surface area contributed by atoms with E-state index in [2.05, 4.69) is 0 Å². The van der Waals surface area contributed by atoms with Crippen molar-refractivity contribution >= 4 is 23.2 Å². The SMILES string of the molecule is CN(Cc1ccccc1)C(=O)C[C@@H](c1cccs1)N1Cc2ccccc2C1=O. The Morgan fingerprint density at radius 3 is 2.54 bits per heavy atom. The molecule has 3 aromatic rings. The summed E-state index contributed by atoms with van der Waals surface area (Å²) in [6, 6.07) is 21.4. The van der Waals surface area contributed by atoms with Crippen LogP contribution in [0, 0.1) is 0 Å². The number of fused-ring (bicyclic) bond motifs is 1. The Balaban J connectivity index is 1.53. The number of nitrogens with zero attached hydrogens (tertiary/aromatic N) is 2. The van der Waals surface area contributed by atoms with Crippen molar-refractivity contribution in [3.05, 3.63) is 93.7 Å². The van der Waals surface area contributed by atoms with Crippen molar-refractivity contribution in [3.63, 3.8) is 0 Å². The van der Waals surface area contributed by atoms with Gasteiger partial charge in [-0.25, -0.2) is 0 Å². The van der Waals surface area contributed by atoms with Crippen molar-refractivity contribution in [1.82, 2.24) is 9.80 Å². The van der Waals surface area contributed by atoms with Crippen LogP contribution in [0.15, 0.2) is 72.1 Å². The van der Waals surface area contributed by atoms with Crippen LogP contribution in [0.25, 0.3) is 0 Å². The van der Waals surface area contributed by atoms with Gasteiger partial charge in [0.05, 0.1) is 12.5 Å². The van der Waals surface area contributed by atoms with Crippen molar-refractivity contribution in [2.24, 2.45) is 0 Å². The third-order valence-electron chi connectivity index (χ3n) is 5.15. The summed E-state index contributed by atoms with van der Waals surface area (Å²) in [6.07, 6.45) is 0.281. The molecule has 4 nitrogen and oxygen atoms in total. The topological polar surface area (TPSA) is 40.6 Å². The first-order valence-corrected chi connectivity index (χ1v) is 10.2. The van der Waals surface area contributed by atoms with Crippen LogP contribution < -0.4 is 0 Å². The number of rotatable bonds is 6. The first-order chi connectivity index (χ1) is 13.6. The molecule has 1 atom stereocenters. The van der Waals surface area contributed by atoms with Gasteiger partial charge in [-0.15, -0.1) is 11.3 Å². The molecule has 2 amide bonds. The second-order valence-electron chi connectivity index (χ2n) is 7.06. The molecule has 5 heteroatoms. The third-order valence-corrected chi connectivity index (χ3v) is 6.13. The van der Waals surface area contributed by atoms with Gasteiger partial charge in [-0.3, -0.25) is 9.59 Å². The number of benzene rings is 2. The number of hydrogen-bond acceptors (Lipinski definition) is 3. The maximum absolute atomic E-state index is 13.0. The highest BCUT2D eigenvalue weighted by Gasteiger charge is 2.35. The van der Waals surface area contributed by atoms with Gasteiger partial charge in [0.2, 0.25) is 5.91 Å². The molecule has 0 bridgehead atoms. The Kier molecular flexibility index (Phi) is 5.26. The first kappa shape index (κ1) is 18.4. The monoisotopic (exact) mass is 390 g/mol. The van der Waals surface area contributed by atoms with Crippen molar-refractivity contribution in [3.8, 4) is 0 Å². The molecule has 1 aliphatic heterocycles. The zero-order valence-corrected chi connectivity index (χ0v) is 16.6. The van der Waals surface area contributed by atoms with Crippen LogP contribution in [-0.4, -0.2) is 28.7 Å². The van der Waals surface area contributed by atoms with E-state index in [0.717, 1.165) is 21.6 Å². The van der Waals surface area contributed by atoms with Crippen LogP contribution in [0.4, 0.5) is 0 Å². The van der Waals surface area contributed by atoms with Crippen molar-refractivity contribution in [2.45, 2.75) is 25.6 Å². The minimum atomic E-state index is -0.245. The maximum Gasteiger partial charge on any atom is 0.255 e. The number of amides is 2. The molecule has 1 aliphatic rings. The molecule has 0 aliphatic carbocycles. The molecular formula is C23H22N2O2S. The fourth-order valence-electron chi connectivity index (χ4n) is 3.64. The highest BCUT2D eigenvalue weighted by Crippen LogP contribution is 2.35. The highest BCUT2D eigenvalue weighted by atomic mass is 32.1. The van der Waals surface area contributed by atoms with Crippen molar-refractivity contribution < 1.29 is 9.59 Å². The smallest absolute Gasteiger partial charge is 0.255 e. The lowest BCUT2D eigenvalue weighted by Crippen LogP contribution is -2.34. The minimum absolute atomic E-state index is 0.00696. The average molecular weight is 391 g/mol. The zero-order valence-electron chi connectivity index (χ0n) is 15.7. The fourth-order valence-corrected chi connectivity index (χ4v) is 4.48. The van der Waals surface area contributed by atoms with E-state index in [1.54, 1.807) is 16.2 Å². The summed E-state index contributed by atoms with van der Waals surface area (Å²) < 4.78 is 0. The number of thiophene rings is 1. The molecule has 0 radical (unpaired) electrons. The number of hydrogen-bond donors (Lipinski definition) is 0. The second kappa shape index (κ2) is 7.98. The van der Waals surface area contributed by atoms with E-state index >= 15 is 0 Å². The van der Waals surface area contributed by atoms with Crippen LogP contribution in [0.3, 0.4) is 0 Å². The van der Waals surface area contributed by atoms with Gasteiger partial charge in [0.1, 0.15) is 0 Å². The van der Waals surface area contributed by atoms with E-state index in [1.165, 1.54) is 0 Å². The van der Waals surface area contributed by atoms with Gasteiger partial charge in [0, 0.05) is 30.6 Å². The lowest BCUT2D eigenvalue weighted by atomic mass is 10.1. The number of carbonyl (C=O) groups excluding carboxylic acids is 2. The Bertz CT molecular complexity index is 969. The van der Waals surface area contributed by atoms with Crippen molar-refractivity contribution in [1.29, 1.82) is 0 Å². The standard InChI is InChI=1S/C23H22N2O2S/c1-24(15-17-8-3-2-4-9-17)22(26)14-20(21-12-7-13-28-21)25-16-18-10-5-6-11-19(18)23(25)27/h2-13,20H,14-16H2,1H3/t20-/m0/s1. The molecule has 2 aromatic carbocycles. The molecule has 142 valence electrons. The van der Waals surface area contributed by atoms with Gasteiger partial charge < -0.3 is 9.80 Å². The van der Waals surface area contributed by atoms with Crippen LogP contribution in [-0.2, 0) is 17.9 Å². The minimum Gasteiger partial charge on any atom is -0.341 e. The maximum atomic E-state index is 13.0. The molecule has 28 heavy (non-hydrogen) atoms. The molecule has 0 fully saturated rings. The van der Waals surface area contributed by atoms with E-state index in [-0.39, 0.29) is 24.3 Å². The largest absolute Gasteiger partial charge is 0.341 e. The molecule has 4 rings (SSSR count). The van der Waals surface area contributed by atoms with Crippen LogP contribution >= 0.6 is 11.3 Å². The summed E-state index contributed by atoms with van der Waals surface area (Å²) >= 11 is 1.59. The average Bonchev–Trinajstić information content (AvgIpc) is 3.36. The molecule has 0 saturated heterocycles. The summed E-state index contributed by atoms with van der Waals surface area (Å²) in [7, 11) is 1.82. The summed E-state index contributed by atoms with van der Waals surface area (Å²) in [6.45, 7) is 1.11.